The summed E-state index contributed by atoms with van der Waals surface area (Å²) in [5, 5.41) is 22.4. The van der Waals surface area contributed by atoms with E-state index in [4.69, 9.17) is 4.74 Å². The number of ether oxygens (including phenoxy) is 1. The highest BCUT2D eigenvalue weighted by atomic mass is 16.6. The lowest BCUT2D eigenvalue weighted by atomic mass is 9.83. The predicted octanol–water partition coefficient (Wildman–Crippen LogP) is 5.80. The molecule has 8 nitrogen and oxygen atoms in total. The van der Waals surface area contributed by atoms with Crippen molar-refractivity contribution in [2.24, 2.45) is 0 Å². The quantitative estimate of drug-likeness (QED) is 0.178. The van der Waals surface area contributed by atoms with Crippen molar-refractivity contribution in [1.29, 1.82) is 0 Å². The summed E-state index contributed by atoms with van der Waals surface area (Å²) in [6, 6.07) is 21.6. The Hall–Kier alpha value is -4.33. The number of carbonyl (C=O) groups is 1. The summed E-state index contributed by atoms with van der Waals surface area (Å²) in [7, 11) is 0. The lowest BCUT2D eigenvalue weighted by Gasteiger charge is -2.30. The van der Waals surface area contributed by atoms with Crippen LogP contribution in [0.3, 0.4) is 0 Å². The fourth-order valence-electron chi connectivity index (χ4n) is 3.68. The van der Waals surface area contributed by atoms with Gasteiger partial charge in [-0.15, -0.1) is 6.58 Å². The lowest BCUT2D eigenvalue weighted by Crippen LogP contribution is -2.30. The molecule has 8 heteroatoms. The zero-order valence-electron chi connectivity index (χ0n) is 17.9. The van der Waals surface area contributed by atoms with E-state index in [0.29, 0.717) is 0 Å². The number of nitro groups is 2. The first kappa shape index (κ1) is 23.3. The fraction of sp³-hybridized carbons (Fsp3) is 0.160. The Labute approximate surface area is 190 Å². The molecular formula is C25H22N2O6. The van der Waals surface area contributed by atoms with Crippen LogP contribution in [0.2, 0.25) is 0 Å². The third-order valence-corrected chi connectivity index (χ3v) is 5.41. The molecule has 0 radical (unpaired) electrons. The van der Waals surface area contributed by atoms with Crippen LogP contribution >= 0.6 is 0 Å². The van der Waals surface area contributed by atoms with Gasteiger partial charge in [0, 0.05) is 24.0 Å². The Morgan fingerprint density at radius 3 is 1.82 bits per heavy atom. The average molecular weight is 446 g/mol. The van der Waals surface area contributed by atoms with E-state index in [1.165, 1.54) is 0 Å². The van der Waals surface area contributed by atoms with Gasteiger partial charge in [-0.3, -0.25) is 20.2 Å². The van der Waals surface area contributed by atoms with Gasteiger partial charge in [0.05, 0.1) is 21.5 Å². The molecule has 0 unspecified atom stereocenters. The molecule has 33 heavy (non-hydrogen) atoms. The van der Waals surface area contributed by atoms with Crippen molar-refractivity contribution in [3.05, 3.63) is 128 Å². The van der Waals surface area contributed by atoms with Crippen LogP contribution in [-0.4, -0.2) is 21.9 Å². The topological polar surface area (TPSA) is 113 Å². The Bertz CT molecular complexity index is 1130. The zero-order chi connectivity index (χ0) is 24.0. The average Bonchev–Trinajstić information content (AvgIpc) is 2.84. The van der Waals surface area contributed by atoms with Gasteiger partial charge in [-0.2, -0.15) is 0 Å². The van der Waals surface area contributed by atoms with Crippen LogP contribution < -0.4 is 0 Å². The second-order valence-electron chi connectivity index (χ2n) is 7.49. The van der Waals surface area contributed by atoms with Gasteiger partial charge in [-0.1, -0.05) is 73.7 Å². The molecule has 0 saturated heterocycles. The minimum atomic E-state index is -0.891. The molecule has 0 spiro atoms. The second kappa shape index (κ2) is 10.3. The molecule has 0 aliphatic carbocycles. The molecule has 0 heterocycles. The van der Waals surface area contributed by atoms with Gasteiger partial charge in [0.2, 0.25) is 0 Å². The molecule has 0 amide bonds. The molecule has 0 bridgehead atoms. The summed E-state index contributed by atoms with van der Waals surface area (Å²) < 4.78 is 5.87. The molecule has 0 aromatic heterocycles. The summed E-state index contributed by atoms with van der Waals surface area (Å²) >= 11 is 0. The smallest absolute Gasteiger partial charge is 0.338 e. The van der Waals surface area contributed by atoms with E-state index >= 15 is 0 Å². The molecule has 3 aromatic rings. The standard InChI is InChI=1S/C25H22N2O6/c1-3-23(19-12-8-5-9-13-19)24(17(2)18-10-6-4-7-11-18)33-25(28)20-14-21(26(29)30)16-22(15-20)27(31)32/h3-17,23-24H,1H2,2H3/t17-,23+,24+/m0/s1. The first-order chi connectivity index (χ1) is 15.8. The van der Waals surface area contributed by atoms with Crippen molar-refractivity contribution in [1.82, 2.24) is 0 Å². The summed E-state index contributed by atoms with van der Waals surface area (Å²) in [4.78, 5) is 34.0. The van der Waals surface area contributed by atoms with Gasteiger partial charge in [0.1, 0.15) is 6.10 Å². The molecule has 3 atom stereocenters. The Balaban J connectivity index is 2.03. The van der Waals surface area contributed by atoms with Crippen molar-refractivity contribution in [3.63, 3.8) is 0 Å². The van der Waals surface area contributed by atoms with Crippen LogP contribution in [0.15, 0.2) is 91.5 Å². The van der Waals surface area contributed by atoms with Gasteiger partial charge in [-0.25, -0.2) is 4.79 Å². The van der Waals surface area contributed by atoms with E-state index < -0.39 is 33.3 Å². The van der Waals surface area contributed by atoms with Gasteiger partial charge in [-0.05, 0) is 11.1 Å². The SMILES string of the molecule is C=C[C@H](c1ccccc1)[C@H](OC(=O)c1cc([N+](=O)[O-])cc([N+](=O)[O-])c1)[C@@H](C)c1ccccc1. The number of nitrogens with zero attached hydrogens (tertiary/aromatic N) is 2. The number of carbonyl (C=O) groups excluding carboxylic acids is 1. The van der Waals surface area contributed by atoms with Crippen LogP contribution in [-0.2, 0) is 4.74 Å². The normalized spacial score (nSPS) is 13.4. The van der Waals surface area contributed by atoms with Crippen LogP contribution in [0.5, 0.6) is 0 Å². The maximum atomic E-state index is 13.1. The van der Waals surface area contributed by atoms with E-state index in [9.17, 15) is 25.0 Å². The maximum absolute atomic E-state index is 13.1. The summed E-state index contributed by atoms with van der Waals surface area (Å²) in [6.45, 7) is 5.82. The largest absolute Gasteiger partial charge is 0.457 e. The number of esters is 1. The van der Waals surface area contributed by atoms with Crippen molar-refractivity contribution in [2.45, 2.75) is 24.9 Å². The van der Waals surface area contributed by atoms with Gasteiger partial charge in [0.15, 0.2) is 0 Å². The molecule has 0 aliphatic rings. The van der Waals surface area contributed by atoms with Crippen molar-refractivity contribution in [2.75, 3.05) is 0 Å². The third-order valence-electron chi connectivity index (χ3n) is 5.41. The molecule has 0 aliphatic heterocycles. The van der Waals surface area contributed by atoms with Crippen LogP contribution in [0.1, 0.15) is 40.2 Å². The fourth-order valence-corrected chi connectivity index (χ4v) is 3.68. The lowest BCUT2D eigenvalue weighted by molar-refractivity contribution is -0.394. The molecular weight excluding hydrogens is 424 g/mol. The molecule has 0 fully saturated rings. The summed E-state index contributed by atoms with van der Waals surface area (Å²) in [5.41, 5.74) is 0.400. The molecule has 3 rings (SSSR count). The molecule has 3 aromatic carbocycles. The van der Waals surface area contributed by atoms with Gasteiger partial charge in [0.25, 0.3) is 11.4 Å². The van der Waals surface area contributed by atoms with Crippen molar-refractivity contribution >= 4 is 17.3 Å². The molecule has 0 N–H and O–H groups in total. The van der Waals surface area contributed by atoms with Gasteiger partial charge >= 0.3 is 5.97 Å². The number of nitro benzene ring substituents is 2. The van der Waals surface area contributed by atoms with E-state index in [0.717, 1.165) is 29.3 Å². The highest BCUT2D eigenvalue weighted by Gasteiger charge is 2.32. The van der Waals surface area contributed by atoms with Crippen molar-refractivity contribution in [3.8, 4) is 0 Å². The number of hydrogen-bond donors (Lipinski definition) is 0. The first-order valence-corrected chi connectivity index (χ1v) is 10.2. The maximum Gasteiger partial charge on any atom is 0.338 e. The number of benzene rings is 3. The van der Waals surface area contributed by atoms with E-state index in [1.54, 1.807) is 6.08 Å². The van der Waals surface area contributed by atoms with E-state index in [1.807, 2.05) is 67.6 Å². The Kier molecular flexibility index (Phi) is 7.30. The number of hydrogen-bond acceptors (Lipinski definition) is 6. The predicted molar refractivity (Wildman–Crippen MR) is 123 cm³/mol. The summed E-state index contributed by atoms with van der Waals surface area (Å²) in [6.07, 6.45) is 0.959. The van der Waals surface area contributed by atoms with E-state index in [-0.39, 0.29) is 17.4 Å². The minimum absolute atomic E-state index is 0.267. The highest BCUT2D eigenvalue weighted by Crippen LogP contribution is 2.35. The number of non-ortho nitro benzene ring substituents is 2. The van der Waals surface area contributed by atoms with Crippen LogP contribution in [0, 0.1) is 20.2 Å². The van der Waals surface area contributed by atoms with Gasteiger partial charge < -0.3 is 4.74 Å². The minimum Gasteiger partial charge on any atom is -0.457 e. The molecule has 0 saturated carbocycles. The third kappa shape index (κ3) is 5.48. The van der Waals surface area contributed by atoms with Crippen LogP contribution in [0.4, 0.5) is 11.4 Å². The van der Waals surface area contributed by atoms with Crippen LogP contribution in [0.25, 0.3) is 0 Å². The Morgan fingerprint density at radius 2 is 1.36 bits per heavy atom. The second-order valence-corrected chi connectivity index (χ2v) is 7.49. The monoisotopic (exact) mass is 446 g/mol. The Morgan fingerprint density at radius 1 is 0.879 bits per heavy atom. The van der Waals surface area contributed by atoms with Crippen molar-refractivity contribution < 1.29 is 19.4 Å². The number of rotatable bonds is 9. The first-order valence-electron chi connectivity index (χ1n) is 10.2. The molecule has 168 valence electrons. The zero-order valence-corrected chi connectivity index (χ0v) is 17.9. The highest BCUT2D eigenvalue weighted by molar-refractivity contribution is 5.91. The summed E-state index contributed by atoms with van der Waals surface area (Å²) in [5.74, 6) is -1.55. The van der Waals surface area contributed by atoms with E-state index in [2.05, 4.69) is 6.58 Å².